The van der Waals surface area contributed by atoms with Crippen LogP contribution in [-0.2, 0) is 13.0 Å². The van der Waals surface area contributed by atoms with Crippen LogP contribution in [0.5, 0.6) is 0 Å². The molecule has 2 aliphatic carbocycles. The summed E-state index contributed by atoms with van der Waals surface area (Å²) >= 11 is 12.4. The normalized spacial score (nSPS) is 23.7. The van der Waals surface area contributed by atoms with Crippen molar-refractivity contribution in [2.45, 2.75) is 71.0 Å². The van der Waals surface area contributed by atoms with Gasteiger partial charge in [-0.05, 0) is 75.1 Å². The van der Waals surface area contributed by atoms with Gasteiger partial charge < -0.3 is 15.5 Å². The minimum Gasteiger partial charge on any atom is -0.340 e. The maximum Gasteiger partial charge on any atom is 0.260 e. The quantitative estimate of drug-likeness (QED) is 0.427. The number of fused-ring (bicyclic) bond motifs is 1. The molecule has 1 aromatic heterocycles. The maximum absolute atomic E-state index is 13.4. The summed E-state index contributed by atoms with van der Waals surface area (Å²) in [7, 11) is 0. The number of allylic oxidation sites excluding steroid dienone is 2. The van der Waals surface area contributed by atoms with Crippen LogP contribution in [0, 0.1) is 5.92 Å². The van der Waals surface area contributed by atoms with Gasteiger partial charge in [0.15, 0.2) is 5.96 Å². The lowest BCUT2D eigenvalue weighted by atomic mass is 9.88. The Morgan fingerprint density at radius 3 is 2.77 bits per heavy atom. The smallest absolute Gasteiger partial charge is 0.260 e. The van der Waals surface area contributed by atoms with Gasteiger partial charge in [0, 0.05) is 48.0 Å². The van der Waals surface area contributed by atoms with E-state index < -0.39 is 0 Å². The summed E-state index contributed by atoms with van der Waals surface area (Å²) in [6.45, 7) is 7.80. The molecule has 1 aliphatic heterocycles. The molecule has 0 unspecified atom stereocenters. The summed E-state index contributed by atoms with van der Waals surface area (Å²) in [6, 6.07) is 6.20. The number of rotatable bonds is 5. The fourth-order valence-electron chi connectivity index (χ4n) is 5.54. The molecule has 1 aromatic carbocycles. The first-order valence-corrected chi connectivity index (χ1v) is 14.9. The number of piperazine rings is 1. The lowest BCUT2D eigenvalue weighted by Crippen LogP contribution is -2.55. The van der Waals surface area contributed by atoms with Crippen molar-refractivity contribution < 1.29 is 0 Å². The molecule has 9 heteroatoms. The molecule has 7 nitrogen and oxygen atoms in total. The first-order valence-electron chi connectivity index (χ1n) is 14.1. The summed E-state index contributed by atoms with van der Waals surface area (Å²) < 4.78 is 1.66. The molecule has 1 saturated heterocycles. The molecule has 5 rings (SSSR count). The van der Waals surface area contributed by atoms with Gasteiger partial charge in [0.1, 0.15) is 0 Å². The summed E-state index contributed by atoms with van der Waals surface area (Å²) in [5.74, 6) is 1.72. The molecular weight excluding hydrogens is 531 g/mol. The van der Waals surface area contributed by atoms with Gasteiger partial charge in [-0.25, -0.2) is 9.98 Å². The second kappa shape index (κ2) is 12.7. The van der Waals surface area contributed by atoms with Crippen LogP contribution in [0.4, 0.5) is 0 Å². The van der Waals surface area contributed by atoms with E-state index in [4.69, 9.17) is 28.2 Å². The van der Waals surface area contributed by atoms with Crippen molar-refractivity contribution in [2.75, 3.05) is 19.6 Å². The van der Waals surface area contributed by atoms with E-state index in [-0.39, 0.29) is 5.56 Å². The first-order chi connectivity index (χ1) is 18.9. The van der Waals surface area contributed by atoms with E-state index >= 15 is 0 Å². The molecule has 39 heavy (non-hydrogen) atoms. The van der Waals surface area contributed by atoms with Crippen molar-refractivity contribution in [3.63, 3.8) is 0 Å². The van der Waals surface area contributed by atoms with Crippen LogP contribution in [0.3, 0.4) is 0 Å². The predicted octanol–water partition coefficient (Wildman–Crippen LogP) is 3.46. The van der Waals surface area contributed by atoms with Crippen LogP contribution in [0.2, 0.25) is 10.0 Å². The summed E-state index contributed by atoms with van der Waals surface area (Å²) in [6.07, 6.45) is 13.7. The van der Waals surface area contributed by atoms with Gasteiger partial charge in [0.25, 0.3) is 5.56 Å². The van der Waals surface area contributed by atoms with Crippen LogP contribution in [0.1, 0.15) is 51.5 Å². The topological polar surface area (TPSA) is 74.5 Å². The number of benzene rings is 1. The fourth-order valence-corrected chi connectivity index (χ4v) is 6.04. The average Bonchev–Trinajstić information content (AvgIpc) is 3.12. The van der Waals surface area contributed by atoms with E-state index in [0.717, 1.165) is 55.6 Å². The third kappa shape index (κ3) is 7.13. The van der Waals surface area contributed by atoms with Gasteiger partial charge in [0.05, 0.1) is 22.9 Å². The van der Waals surface area contributed by atoms with Gasteiger partial charge in [-0.15, -0.1) is 0 Å². The molecule has 2 aromatic rings. The van der Waals surface area contributed by atoms with E-state index in [2.05, 4.69) is 40.4 Å². The number of nitrogens with one attached hydrogen (secondary N) is 2. The zero-order valence-corrected chi connectivity index (χ0v) is 24.3. The average molecular weight is 570 g/mol. The van der Waals surface area contributed by atoms with Crippen molar-refractivity contribution in [3.8, 4) is 0 Å². The minimum absolute atomic E-state index is 0.0443. The second-order valence-corrected chi connectivity index (χ2v) is 11.9. The summed E-state index contributed by atoms with van der Waals surface area (Å²) in [5.41, 5.74) is 1.84. The number of aryl methyl sites for hydroxylation is 2. The van der Waals surface area contributed by atoms with Crippen molar-refractivity contribution in [1.82, 2.24) is 25.1 Å². The highest BCUT2D eigenvalue weighted by molar-refractivity contribution is 6.35. The Morgan fingerprint density at radius 2 is 2.00 bits per heavy atom. The zero-order chi connectivity index (χ0) is 27.4. The molecule has 0 bridgehead atoms. The molecule has 2 heterocycles. The van der Waals surface area contributed by atoms with E-state index in [1.54, 1.807) is 17.0 Å². The molecule has 2 fully saturated rings. The number of aliphatic imine (C=N–C) groups is 1. The highest BCUT2D eigenvalue weighted by Crippen LogP contribution is 2.26. The molecule has 2 N–H and O–H groups in total. The van der Waals surface area contributed by atoms with E-state index in [1.807, 2.05) is 24.3 Å². The van der Waals surface area contributed by atoms with Crippen LogP contribution in [0.15, 0.2) is 46.1 Å². The highest BCUT2D eigenvalue weighted by atomic mass is 35.5. The van der Waals surface area contributed by atoms with Crippen LogP contribution >= 0.6 is 23.2 Å². The fraction of sp³-hybridized carbons (Fsp3) is 0.500. The monoisotopic (exact) mass is 568 g/mol. The lowest BCUT2D eigenvalue weighted by Gasteiger charge is -2.35. The second-order valence-electron chi connectivity index (χ2n) is 11.1. The Bertz CT molecular complexity index is 1420. The highest BCUT2D eigenvalue weighted by Gasteiger charge is 2.23. The Kier molecular flexibility index (Phi) is 9.10. The van der Waals surface area contributed by atoms with Crippen LogP contribution < -0.4 is 26.8 Å². The summed E-state index contributed by atoms with van der Waals surface area (Å²) in [5, 5.41) is 9.68. The van der Waals surface area contributed by atoms with E-state index in [0.29, 0.717) is 52.1 Å². The summed E-state index contributed by atoms with van der Waals surface area (Å²) in [4.78, 5) is 25.6. The van der Waals surface area contributed by atoms with E-state index in [1.165, 1.54) is 12.8 Å². The molecule has 0 radical (unpaired) electrons. The minimum atomic E-state index is -0.0443. The van der Waals surface area contributed by atoms with E-state index in [9.17, 15) is 4.79 Å². The third-order valence-corrected chi connectivity index (χ3v) is 8.49. The van der Waals surface area contributed by atoms with Gasteiger partial charge in [0.2, 0.25) is 0 Å². The molecule has 0 amide bonds. The Labute approximate surface area is 240 Å². The lowest BCUT2D eigenvalue weighted by molar-refractivity contribution is 0.291. The van der Waals surface area contributed by atoms with Gasteiger partial charge in [-0.2, -0.15) is 0 Å². The Morgan fingerprint density at radius 1 is 1.18 bits per heavy atom. The van der Waals surface area contributed by atoms with Crippen LogP contribution in [0.25, 0.3) is 12.2 Å². The number of guanidine groups is 1. The number of aromatic nitrogens is 2. The van der Waals surface area contributed by atoms with Crippen molar-refractivity contribution in [1.29, 1.82) is 0 Å². The number of nitrogens with zero attached hydrogens (tertiary/aromatic N) is 4. The largest absolute Gasteiger partial charge is 0.340 e. The maximum atomic E-state index is 13.4. The van der Waals surface area contributed by atoms with Gasteiger partial charge in [-0.3, -0.25) is 9.36 Å². The Hall–Kier alpha value is -2.61. The molecule has 1 atom stereocenters. The molecule has 1 saturated carbocycles. The molecular formula is C30H38Cl2N6O. The van der Waals surface area contributed by atoms with Gasteiger partial charge >= 0.3 is 0 Å². The van der Waals surface area contributed by atoms with Crippen molar-refractivity contribution >= 4 is 41.3 Å². The standard InChI is InChI=1S/C30H38Cl2N6O/c1-20-6-10-24(11-7-20)35-30(37-15-13-33-21(2)18-37)36-25-4-3-5-26-28(17-25)34-19-38(29(26)39)14-12-22-8-9-23(31)16-27(22)32/h4-5,8-9,16-17,19-21,24,33H,3,6-7,10-15,18H2,1-2H3,(H,35,36)/t20?,21-,24?/m0/s1. The van der Waals surface area contributed by atoms with Crippen molar-refractivity contribution in [2.24, 2.45) is 10.9 Å². The SMILES string of the molecule is CC1CCC(N=C(NC2=CCC=c3c(ncn(CCc4ccc(Cl)cc4Cl)c3=O)=C2)N2CCN[C@@H](C)C2)CC1. The molecule has 208 valence electrons. The first kappa shape index (κ1) is 27.9. The van der Waals surface area contributed by atoms with Gasteiger partial charge in [-0.1, -0.05) is 48.3 Å². The van der Waals surface area contributed by atoms with Crippen LogP contribution in [-0.4, -0.2) is 52.1 Å². The van der Waals surface area contributed by atoms with Crippen molar-refractivity contribution in [3.05, 3.63) is 72.8 Å². The molecule has 3 aliphatic rings. The number of hydrogen-bond donors (Lipinski definition) is 2. The third-order valence-electron chi connectivity index (χ3n) is 7.91. The number of halogens is 2. The molecule has 0 spiro atoms. The predicted molar refractivity (Wildman–Crippen MR) is 161 cm³/mol. The number of hydrogen-bond acceptors (Lipinski definition) is 4. The zero-order valence-electron chi connectivity index (χ0n) is 22.8. The Balaban J connectivity index is 1.37.